The second kappa shape index (κ2) is 3.30. The molecule has 14 heavy (non-hydrogen) atoms. The highest BCUT2D eigenvalue weighted by atomic mass is 16.4. The number of nitrogens with one attached hydrogen (secondary N) is 1. The largest absolute Gasteiger partial charge is 0.402 e. The summed E-state index contributed by atoms with van der Waals surface area (Å²) >= 11 is 0. The third kappa shape index (κ3) is 1.36. The highest BCUT2D eigenvalue weighted by molar-refractivity contribution is 5.66. The van der Waals surface area contributed by atoms with Gasteiger partial charge in [0.15, 0.2) is 0 Å². The third-order valence-electron chi connectivity index (χ3n) is 1.62. The van der Waals surface area contributed by atoms with Crippen LogP contribution in [0.4, 0.5) is 11.8 Å². The fourth-order valence-electron chi connectivity index (χ4n) is 0.989. The molecule has 2 aromatic heterocycles. The van der Waals surface area contributed by atoms with E-state index in [0.29, 0.717) is 11.4 Å². The molecule has 0 saturated heterocycles. The van der Waals surface area contributed by atoms with Crippen LogP contribution >= 0.6 is 0 Å². The number of anilines is 2. The number of aromatic nitrogens is 3. The normalized spacial score (nSPS) is 10.1. The van der Waals surface area contributed by atoms with Gasteiger partial charge >= 0.3 is 6.01 Å². The fraction of sp³-hybridized carbons (Fsp3) is 0. The smallest absolute Gasteiger partial charge is 0.330 e. The van der Waals surface area contributed by atoms with E-state index in [2.05, 4.69) is 20.6 Å². The monoisotopic (exact) mass is 192 g/mol. The topological polar surface area (TPSA) is 116 Å². The number of nitrogen functional groups attached to an aromatic ring is 2. The summed E-state index contributed by atoms with van der Waals surface area (Å²) in [6.07, 6.45) is 1.58. The van der Waals surface area contributed by atoms with E-state index < -0.39 is 0 Å². The molecule has 0 saturated carbocycles. The number of hydrazine groups is 1. The average molecular weight is 192 g/mol. The number of hydrogen-bond donors (Lipinski definition) is 3. The Kier molecular flexibility index (Phi) is 1.99. The summed E-state index contributed by atoms with van der Waals surface area (Å²) < 4.78 is 5.12. The van der Waals surface area contributed by atoms with Crippen molar-refractivity contribution in [3.05, 3.63) is 18.3 Å². The Bertz CT molecular complexity index is 439. The minimum absolute atomic E-state index is 0.128. The van der Waals surface area contributed by atoms with Crippen LogP contribution in [0.2, 0.25) is 0 Å². The van der Waals surface area contributed by atoms with Crippen LogP contribution in [-0.2, 0) is 0 Å². The van der Waals surface area contributed by atoms with Gasteiger partial charge in [-0.3, -0.25) is 5.43 Å². The molecule has 72 valence electrons. The summed E-state index contributed by atoms with van der Waals surface area (Å²) in [6.45, 7) is 0. The van der Waals surface area contributed by atoms with Crippen LogP contribution in [-0.4, -0.2) is 15.2 Å². The summed E-state index contributed by atoms with van der Waals surface area (Å²) in [4.78, 5) is 3.89. The highest BCUT2D eigenvalue weighted by Gasteiger charge is 2.10. The molecule has 2 aromatic rings. The van der Waals surface area contributed by atoms with Crippen molar-refractivity contribution in [3.63, 3.8) is 0 Å². The zero-order valence-corrected chi connectivity index (χ0v) is 7.14. The van der Waals surface area contributed by atoms with Gasteiger partial charge < -0.3 is 10.2 Å². The van der Waals surface area contributed by atoms with Crippen molar-refractivity contribution in [1.82, 2.24) is 15.2 Å². The second-order valence-corrected chi connectivity index (χ2v) is 2.49. The van der Waals surface area contributed by atoms with Gasteiger partial charge in [0, 0.05) is 6.20 Å². The molecule has 0 bridgehead atoms. The molecule has 0 aliphatic heterocycles. The molecule has 0 aliphatic carbocycles. The number of nitrogens with two attached hydrogens (primary N) is 2. The highest BCUT2D eigenvalue weighted by Crippen LogP contribution is 2.22. The van der Waals surface area contributed by atoms with E-state index in [4.69, 9.17) is 16.0 Å². The van der Waals surface area contributed by atoms with Crippen molar-refractivity contribution in [2.45, 2.75) is 0 Å². The Balaban J connectivity index is 2.44. The molecule has 0 fully saturated rings. The Morgan fingerprint density at radius 3 is 2.86 bits per heavy atom. The van der Waals surface area contributed by atoms with Crippen molar-refractivity contribution >= 4 is 11.8 Å². The maximum atomic E-state index is 5.61. The van der Waals surface area contributed by atoms with Gasteiger partial charge in [0.2, 0.25) is 0 Å². The first-order valence-electron chi connectivity index (χ1n) is 3.82. The van der Waals surface area contributed by atoms with Gasteiger partial charge in [-0.2, -0.15) is 0 Å². The number of rotatable bonds is 2. The first-order chi connectivity index (χ1) is 6.81. The van der Waals surface area contributed by atoms with Crippen LogP contribution in [0.3, 0.4) is 0 Å². The van der Waals surface area contributed by atoms with Crippen LogP contribution in [0.15, 0.2) is 22.7 Å². The van der Waals surface area contributed by atoms with Gasteiger partial charge in [0.1, 0.15) is 5.82 Å². The molecule has 0 amide bonds. The molecule has 0 aromatic carbocycles. The first-order valence-corrected chi connectivity index (χ1v) is 3.82. The maximum Gasteiger partial charge on any atom is 0.330 e. The SMILES string of the molecule is NNc1nnc(-c2cccnc2N)o1. The predicted molar refractivity (Wildman–Crippen MR) is 49.8 cm³/mol. The molecule has 0 unspecified atom stereocenters. The Hall–Kier alpha value is -2.15. The molecule has 5 N–H and O–H groups in total. The quantitative estimate of drug-likeness (QED) is 0.453. The zero-order chi connectivity index (χ0) is 9.97. The van der Waals surface area contributed by atoms with Gasteiger partial charge in [0.05, 0.1) is 5.56 Å². The number of pyridine rings is 1. The van der Waals surface area contributed by atoms with E-state index in [1.165, 1.54) is 0 Å². The van der Waals surface area contributed by atoms with E-state index >= 15 is 0 Å². The lowest BCUT2D eigenvalue weighted by atomic mass is 10.2. The zero-order valence-electron chi connectivity index (χ0n) is 7.14. The number of hydrogen-bond acceptors (Lipinski definition) is 7. The molecule has 0 aliphatic rings. The molecule has 0 atom stereocenters. The van der Waals surface area contributed by atoms with Gasteiger partial charge in [-0.25, -0.2) is 10.8 Å². The minimum Gasteiger partial charge on any atom is -0.402 e. The van der Waals surface area contributed by atoms with Crippen molar-refractivity contribution in [2.75, 3.05) is 11.2 Å². The summed E-state index contributed by atoms with van der Waals surface area (Å²) in [5.41, 5.74) is 8.43. The lowest BCUT2D eigenvalue weighted by Crippen LogP contribution is -2.06. The molecule has 2 heterocycles. The Labute approximate surface area is 79.1 Å². The van der Waals surface area contributed by atoms with Crippen molar-refractivity contribution < 1.29 is 4.42 Å². The van der Waals surface area contributed by atoms with Gasteiger partial charge in [0.25, 0.3) is 5.89 Å². The molecule has 2 rings (SSSR count). The predicted octanol–water partition coefficient (Wildman–Crippen LogP) is -0.000600. The molecule has 7 nitrogen and oxygen atoms in total. The maximum absolute atomic E-state index is 5.61. The Morgan fingerprint density at radius 1 is 1.36 bits per heavy atom. The third-order valence-corrected chi connectivity index (χ3v) is 1.62. The lowest BCUT2D eigenvalue weighted by Gasteiger charge is -1.97. The molecule has 7 heteroatoms. The van der Waals surface area contributed by atoms with Gasteiger partial charge in [-0.1, -0.05) is 5.10 Å². The van der Waals surface area contributed by atoms with E-state index in [0.717, 1.165) is 0 Å². The van der Waals surface area contributed by atoms with E-state index in [1.54, 1.807) is 18.3 Å². The Morgan fingerprint density at radius 2 is 2.21 bits per heavy atom. The molecule has 0 spiro atoms. The molecule has 0 radical (unpaired) electrons. The summed E-state index contributed by atoms with van der Waals surface area (Å²) in [5.74, 6) is 5.70. The van der Waals surface area contributed by atoms with Crippen molar-refractivity contribution in [2.24, 2.45) is 5.84 Å². The summed E-state index contributed by atoms with van der Waals surface area (Å²) in [6, 6.07) is 3.59. The lowest BCUT2D eigenvalue weighted by molar-refractivity contribution is 0.582. The fourth-order valence-corrected chi connectivity index (χ4v) is 0.989. The molecular weight excluding hydrogens is 184 g/mol. The summed E-state index contributed by atoms with van der Waals surface area (Å²) in [7, 11) is 0. The second-order valence-electron chi connectivity index (χ2n) is 2.49. The van der Waals surface area contributed by atoms with Crippen LogP contribution in [0, 0.1) is 0 Å². The van der Waals surface area contributed by atoms with E-state index in [-0.39, 0.29) is 11.9 Å². The van der Waals surface area contributed by atoms with Crippen LogP contribution < -0.4 is 17.0 Å². The summed E-state index contributed by atoms with van der Waals surface area (Å²) in [5, 5.41) is 7.35. The van der Waals surface area contributed by atoms with E-state index in [9.17, 15) is 0 Å². The minimum atomic E-state index is 0.128. The average Bonchev–Trinajstić information content (AvgIpc) is 2.67. The van der Waals surface area contributed by atoms with E-state index in [1.807, 2.05) is 0 Å². The van der Waals surface area contributed by atoms with Gasteiger partial charge in [-0.05, 0) is 12.1 Å². The van der Waals surface area contributed by atoms with Crippen molar-refractivity contribution in [1.29, 1.82) is 0 Å². The standard InChI is InChI=1S/C7H8N6O/c8-5-4(2-1-3-10-5)6-12-13-7(11-9)14-6/h1-3H,9H2,(H2,8,10)(H,11,13). The van der Waals surface area contributed by atoms with Crippen LogP contribution in [0.1, 0.15) is 0 Å². The number of nitrogens with zero attached hydrogens (tertiary/aromatic N) is 3. The van der Waals surface area contributed by atoms with Crippen LogP contribution in [0.5, 0.6) is 0 Å². The van der Waals surface area contributed by atoms with Crippen LogP contribution in [0.25, 0.3) is 11.5 Å². The van der Waals surface area contributed by atoms with Crippen molar-refractivity contribution in [3.8, 4) is 11.5 Å². The first kappa shape index (κ1) is 8.45. The molecular formula is C7H8N6O. The van der Waals surface area contributed by atoms with Gasteiger partial charge in [-0.15, -0.1) is 5.10 Å².